The van der Waals surface area contributed by atoms with Gasteiger partial charge < -0.3 is 16.0 Å². The van der Waals surface area contributed by atoms with Crippen LogP contribution < -0.4 is 11.1 Å². The van der Waals surface area contributed by atoms with Gasteiger partial charge >= 0.3 is 0 Å². The monoisotopic (exact) mass is 519 g/mol. The standard InChI is InChI=1S/C29H34FN5OS/c30-27-8-4-22(5-9-27)3-6-25-18-26(29(36)32-14-1-2-24-19-33-34-20-24)7-10-28(25)37-21-23-11-15-35(16-12-23)17-13-31/h4-5,7-10,18-20,23H,1-2,11-17,21,31H2,(H,32,36)(H,33,34). The van der Waals surface area contributed by atoms with Crippen molar-refractivity contribution in [3.8, 4) is 11.8 Å². The molecule has 2 heterocycles. The molecule has 8 heteroatoms. The summed E-state index contributed by atoms with van der Waals surface area (Å²) in [6.07, 6.45) is 7.69. The van der Waals surface area contributed by atoms with E-state index in [9.17, 15) is 9.18 Å². The van der Waals surface area contributed by atoms with Gasteiger partial charge in [0, 0.05) is 53.2 Å². The first kappa shape index (κ1) is 26.9. The number of thioether (sulfide) groups is 1. The molecule has 6 nitrogen and oxygen atoms in total. The highest BCUT2D eigenvalue weighted by Gasteiger charge is 2.19. The SMILES string of the molecule is NCCN1CCC(CSc2ccc(C(=O)NCCCc3cn[nH]c3)cc2C#Cc2ccc(F)cc2)CC1. The summed E-state index contributed by atoms with van der Waals surface area (Å²) in [5.41, 5.74) is 8.97. The molecule has 0 aliphatic carbocycles. The summed E-state index contributed by atoms with van der Waals surface area (Å²) in [5.74, 6) is 7.63. The van der Waals surface area contributed by atoms with E-state index in [1.807, 2.05) is 24.4 Å². The second kappa shape index (κ2) is 14.0. The minimum atomic E-state index is -0.286. The summed E-state index contributed by atoms with van der Waals surface area (Å²) < 4.78 is 13.3. The van der Waals surface area contributed by atoms with Crippen molar-refractivity contribution in [3.63, 3.8) is 0 Å². The van der Waals surface area contributed by atoms with Gasteiger partial charge in [0.2, 0.25) is 0 Å². The molecule has 1 aliphatic rings. The van der Waals surface area contributed by atoms with Crippen molar-refractivity contribution in [1.29, 1.82) is 0 Å². The lowest BCUT2D eigenvalue weighted by atomic mass is 9.99. The summed E-state index contributed by atoms with van der Waals surface area (Å²) >= 11 is 1.80. The van der Waals surface area contributed by atoms with Crippen LogP contribution in [0.3, 0.4) is 0 Å². The fourth-order valence-corrected chi connectivity index (χ4v) is 5.52. The number of carbonyl (C=O) groups excluding carboxylic acids is 1. The first-order chi connectivity index (χ1) is 18.1. The fraction of sp³-hybridized carbons (Fsp3) is 0.379. The first-order valence-corrected chi connectivity index (χ1v) is 13.8. The van der Waals surface area contributed by atoms with Crippen LogP contribution in [0.2, 0.25) is 0 Å². The number of nitrogens with zero attached hydrogens (tertiary/aromatic N) is 2. The summed E-state index contributed by atoms with van der Waals surface area (Å²) in [6.45, 7) is 4.45. The molecule has 194 valence electrons. The lowest BCUT2D eigenvalue weighted by Crippen LogP contribution is -2.37. The molecule has 3 aromatic rings. The average Bonchev–Trinajstić information content (AvgIpc) is 3.44. The Morgan fingerprint density at radius 2 is 2.00 bits per heavy atom. The largest absolute Gasteiger partial charge is 0.352 e. The minimum Gasteiger partial charge on any atom is -0.352 e. The minimum absolute atomic E-state index is 0.110. The van der Waals surface area contributed by atoms with Crippen LogP contribution in [0.5, 0.6) is 0 Å². The van der Waals surface area contributed by atoms with Gasteiger partial charge in [-0.1, -0.05) is 11.8 Å². The maximum absolute atomic E-state index is 13.3. The second-order valence-electron chi connectivity index (χ2n) is 9.32. The van der Waals surface area contributed by atoms with E-state index in [4.69, 9.17) is 5.73 Å². The molecule has 0 bridgehead atoms. The number of H-pyrrole nitrogens is 1. The maximum Gasteiger partial charge on any atom is 0.251 e. The van der Waals surface area contributed by atoms with Gasteiger partial charge in [-0.05, 0) is 92.7 Å². The van der Waals surface area contributed by atoms with Crippen molar-refractivity contribution < 1.29 is 9.18 Å². The van der Waals surface area contributed by atoms with Crippen molar-refractivity contribution in [2.24, 2.45) is 11.7 Å². The number of benzene rings is 2. The van der Waals surface area contributed by atoms with E-state index in [1.165, 1.54) is 25.0 Å². The predicted molar refractivity (Wildman–Crippen MR) is 147 cm³/mol. The molecule has 0 spiro atoms. The molecular weight excluding hydrogens is 485 g/mol. The Hall–Kier alpha value is -3.12. The molecule has 1 saturated heterocycles. The van der Waals surface area contributed by atoms with Crippen LogP contribution in [0.1, 0.15) is 46.3 Å². The van der Waals surface area contributed by atoms with Gasteiger partial charge in [-0.15, -0.1) is 11.8 Å². The quantitative estimate of drug-likeness (QED) is 0.214. The third-order valence-corrected chi connectivity index (χ3v) is 7.84. The molecular formula is C29H34FN5OS. The first-order valence-electron chi connectivity index (χ1n) is 12.8. The summed E-state index contributed by atoms with van der Waals surface area (Å²) in [7, 11) is 0. The number of hydrogen-bond donors (Lipinski definition) is 3. The van der Waals surface area contributed by atoms with Crippen LogP contribution in [0.4, 0.5) is 4.39 Å². The molecule has 4 rings (SSSR count). The number of aryl methyl sites for hydroxylation is 1. The second-order valence-corrected chi connectivity index (χ2v) is 10.4. The summed E-state index contributed by atoms with van der Waals surface area (Å²) in [6, 6.07) is 11.9. The molecule has 1 fully saturated rings. The Kier molecular flexibility index (Phi) is 10.2. The van der Waals surface area contributed by atoms with E-state index in [-0.39, 0.29) is 11.7 Å². The van der Waals surface area contributed by atoms with Gasteiger partial charge in [0.15, 0.2) is 0 Å². The molecule has 1 aromatic heterocycles. The van der Waals surface area contributed by atoms with E-state index >= 15 is 0 Å². The van der Waals surface area contributed by atoms with Crippen molar-refractivity contribution >= 4 is 17.7 Å². The third kappa shape index (κ3) is 8.46. The highest BCUT2D eigenvalue weighted by atomic mass is 32.2. The number of aromatic nitrogens is 2. The summed E-state index contributed by atoms with van der Waals surface area (Å²) in [4.78, 5) is 16.3. The number of amides is 1. The van der Waals surface area contributed by atoms with Crippen LogP contribution >= 0.6 is 11.8 Å². The predicted octanol–water partition coefficient (Wildman–Crippen LogP) is 4.07. The molecule has 0 saturated carbocycles. The molecule has 1 aliphatic heterocycles. The van der Waals surface area contributed by atoms with Gasteiger partial charge in [-0.2, -0.15) is 5.10 Å². The number of nitrogens with two attached hydrogens (primary N) is 1. The number of nitrogens with one attached hydrogen (secondary N) is 2. The molecule has 0 radical (unpaired) electrons. The van der Waals surface area contributed by atoms with Crippen LogP contribution in [-0.2, 0) is 6.42 Å². The molecule has 37 heavy (non-hydrogen) atoms. The van der Waals surface area contributed by atoms with E-state index in [0.717, 1.165) is 59.8 Å². The van der Waals surface area contributed by atoms with Crippen molar-refractivity contribution in [1.82, 2.24) is 20.4 Å². The highest BCUT2D eigenvalue weighted by Crippen LogP contribution is 2.29. The van der Waals surface area contributed by atoms with Crippen molar-refractivity contribution in [2.75, 3.05) is 38.5 Å². The van der Waals surface area contributed by atoms with Crippen LogP contribution in [0, 0.1) is 23.6 Å². The molecule has 4 N–H and O–H groups in total. The van der Waals surface area contributed by atoms with E-state index < -0.39 is 0 Å². The van der Waals surface area contributed by atoms with E-state index in [0.29, 0.717) is 24.6 Å². The number of piperidine rings is 1. The van der Waals surface area contributed by atoms with E-state index in [2.05, 4.69) is 32.3 Å². The number of hydrogen-bond acceptors (Lipinski definition) is 5. The third-order valence-electron chi connectivity index (χ3n) is 6.54. The number of aromatic amines is 1. The molecule has 1 amide bonds. The zero-order valence-corrected chi connectivity index (χ0v) is 21.8. The number of likely N-dealkylation sites (tertiary alicyclic amines) is 1. The molecule has 0 unspecified atom stereocenters. The molecule has 0 atom stereocenters. The number of halogens is 1. The fourth-order valence-electron chi connectivity index (χ4n) is 4.35. The average molecular weight is 520 g/mol. The van der Waals surface area contributed by atoms with Gasteiger partial charge in [-0.25, -0.2) is 4.39 Å². The Labute approximate surface area is 222 Å². The van der Waals surface area contributed by atoms with Gasteiger partial charge in [0.05, 0.1) is 6.20 Å². The smallest absolute Gasteiger partial charge is 0.251 e. The van der Waals surface area contributed by atoms with Crippen LogP contribution in [0.25, 0.3) is 0 Å². The Balaban J connectivity index is 1.41. The lowest BCUT2D eigenvalue weighted by Gasteiger charge is -2.31. The Morgan fingerprint density at radius 3 is 2.73 bits per heavy atom. The lowest BCUT2D eigenvalue weighted by molar-refractivity contribution is 0.0953. The number of carbonyl (C=O) groups is 1. The zero-order chi connectivity index (χ0) is 25.9. The van der Waals surface area contributed by atoms with Crippen molar-refractivity contribution in [3.05, 3.63) is 82.9 Å². The van der Waals surface area contributed by atoms with Gasteiger partial charge in [-0.3, -0.25) is 9.89 Å². The Bertz CT molecular complexity index is 1200. The van der Waals surface area contributed by atoms with Crippen LogP contribution in [0.15, 0.2) is 59.8 Å². The number of rotatable bonds is 10. The zero-order valence-electron chi connectivity index (χ0n) is 21.0. The highest BCUT2D eigenvalue weighted by molar-refractivity contribution is 7.99. The summed E-state index contributed by atoms with van der Waals surface area (Å²) in [5, 5.41) is 9.76. The molecule has 2 aromatic carbocycles. The van der Waals surface area contributed by atoms with Crippen LogP contribution in [-0.4, -0.2) is 59.5 Å². The maximum atomic E-state index is 13.3. The normalized spacial score (nSPS) is 14.2. The van der Waals surface area contributed by atoms with Gasteiger partial charge in [0.1, 0.15) is 5.82 Å². The topological polar surface area (TPSA) is 87.0 Å². The van der Waals surface area contributed by atoms with E-state index in [1.54, 1.807) is 30.1 Å². The van der Waals surface area contributed by atoms with Crippen molar-refractivity contribution in [2.45, 2.75) is 30.6 Å². The van der Waals surface area contributed by atoms with Gasteiger partial charge in [0.25, 0.3) is 5.91 Å². The Morgan fingerprint density at radius 1 is 1.19 bits per heavy atom.